The first-order valence-corrected chi connectivity index (χ1v) is 11.6. The van der Waals surface area contributed by atoms with Crippen LogP contribution in [0.5, 0.6) is 11.5 Å². The molecule has 4 rings (SSSR count). The van der Waals surface area contributed by atoms with Crippen molar-refractivity contribution >= 4 is 33.1 Å². The zero-order valence-electron chi connectivity index (χ0n) is 18.3. The van der Waals surface area contributed by atoms with E-state index in [0.29, 0.717) is 35.0 Å². The summed E-state index contributed by atoms with van der Waals surface area (Å²) in [5, 5.41) is 4.02. The minimum absolute atomic E-state index is 0.134. The number of aryl methyl sites for hydroxylation is 2. The van der Waals surface area contributed by atoms with Gasteiger partial charge in [0.25, 0.3) is 5.91 Å². The molecule has 6 nitrogen and oxygen atoms in total. The first-order valence-electron chi connectivity index (χ1n) is 10.8. The number of anilines is 1. The van der Waals surface area contributed by atoms with Crippen molar-refractivity contribution in [1.82, 2.24) is 10.3 Å². The van der Waals surface area contributed by atoms with Gasteiger partial charge in [0.15, 0.2) is 11.5 Å². The normalized spacial score (nSPS) is 12.7. The maximum Gasteiger partial charge on any atom is 0.263 e. The van der Waals surface area contributed by atoms with Crippen molar-refractivity contribution in [3.8, 4) is 11.5 Å². The molecule has 0 radical (unpaired) electrons. The maximum absolute atomic E-state index is 12.9. The van der Waals surface area contributed by atoms with E-state index in [4.69, 9.17) is 20.2 Å². The number of amides is 1. The van der Waals surface area contributed by atoms with Gasteiger partial charge in [0, 0.05) is 17.6 Å². The van der Waals surface area contributed by atoms with Gasteiger partial charge in [-0.25, -0.2) is 4.98 Å². The van der Waals surface area contributed by atoms with Gasteiger partial charge in [-0.1, -0.05) is 19.4 Å². The zero-order valence-corrected chi connectivity index (χ0v) is 19.2. The predicted molar refractivity (Wildman–Crippen MR) is 126 cm³/mol. The molecule has 0 fully saturated rings. The molecule has 31 heavy (non-hydrogen) atoms. The Bertz CT molecular complexity index is 1120. The molecule has 2 heterocycles. The lowest BCUT2D eigenvalue weighted by Crippen LogP contribution is -2.25. The molecule has 0 spiro atoms. The average molecular weight is 440 g/mol. The molecule has 0 saturated carbocycles. The Balaban J connectivity index is 1.51. The Labute approximate surface area is 186 Å². The van der Waals surface area contributed by atoms with Gasteiger partial charge in [-0.3, -0.25) is 4.79 Å². The molecular weight excluding hydrogens is 410 g/mol. The Morgan fingerprint density at radius 3 is 2.68 bits per heavy atom. The molecule has 1 aliphatic carbocycles. The number of nitrogens with zero attached hydrogens (tertiary/aromatic N) is 1. The summed E-state index contributed by atoms with van der Waals surface area (Å²) in [4.78, 5) is 19.3. The van der Waals surface area contributed by atoms with Gasteiger partial charge in [0.2, 0.25) is 0 Å². The van der Waals surface area contributed by atoms with Crippen LogP contribution in [0.2, 0.25) is 0 Å². The van der Waals surface area contributed by atoms with Crippen LogP contribution in [-0.4, -0.2) is 31.7 Å². The van der Waals surface area contributed by atoms with Gasteiger partial charge in [0.1, 0.15) is 9.71 Å². The van der Waals surface area contributed by atoms with Crippen molar-refractivity contribution < 1.29 is 14.3 Å². The van der Waals surface area contributed by atoms with Crippen LogP contribution in [0.4, 0.5) is 5.69 Å². The maximum atomic E-state index is 12.9. The number of pyridine rings is 1. The number of carbonyl (C=O) groups is 1. The van der Waals surface area contributed by atoms with E-state index >= 15 is 0 Å². The van der Waals surface area contributed by atoms with Crippen molar-refractivity contribution in [3.63, 3.8) is 0 Å². The number of hydrogen-bond acceptors (Lipinski definition) is 6. The summed E-state index contributed by atoms with van der Waals surface area (Å²) in [5.41, 5.74) is 12.0. The lowest BCUT2D eigenvalue weighted by molar-refractivity contribution is 0.0959. The molecule has 0 unspecified atom stereocenters. The lowest BCUT2D eigenvalue weighted by atomic mass is 10.0. The average Bonchev–Trinajstić information content (AvgIpc) is 3.38. The number of benzene rings is 1. The smallest absolute Gasteiger partial charge is 0.263 e. The quantitative estimate of drug-likeness (QED) is 0.546. The number of nitrogens with one attached hydrogen (secondary N) is 1. The summed E-state index contributed by atoms with van der Waals surface area (Å²) in [5.74, 6) is 1.24. The highest BCUT2D eigenvalue weighted by Crippen LogP contribution is 2.40. The van der Waals surface area contributed by atoms with E-state index in [9.17, 15) is 4.79 Å². The molecule has 1 aliphatic rings. The van der Waals surface area contributed by atoms with Crippen LogP contribution in [0.1, 0.15) is 51.8 Å². The van der Waals surface area contributed by atoms with E-state index in [1.165, 1.54) is 28.2 Å². The minimum atomic E-state index is -0.134. The second-order valence-corrected chi connectivity index (χ2v) is 8.84. The van der Waals surface area contributed by atoms with Gasteiger partial charge >= 0.3 is 0 Å². The molecule has 0 saturated heterocycles. The number of ether oxygens (including phenoxy) is 2. The fourth-order valence-corrected chi connectivity index (χ4v) is 5.44. The van der Waals surface area contributed by atoms with Crippen LogP contribution in [-0.2, 0) is 25.7 Å². The number of nitrogens with two attached hydrogens (primary N) is 1. The fraction of sp³-hybridized carbons (Fsp3) is 0.417. The molecule has 1 aromatic carbocycles. The largest absolute Gasteiger partial charge is 0.493 e. The summed E-state index contributed by atoms with van der Waals surface area (Å²) >= 11 is 1.41. The number of methoxy groups -OCH3 is 2. The number of hydrogen-bond donors (Lipinski definition) is 2. The van der Waals surface area contributed by atoms with E-state index in [-0.39, 0.29) is 5.91 Å². The molecule has 0 bridgehead atoms. The Kier molecular flexibility index (Phi) is 6.32. The third-order valence-electron chi connectivity index (χ3n) is 5.87. The van der Waals surface area contributed by atoms with Crippen LogP contribution < -0.4 is 20.5 Å². The topological polar surface area (TPSA) is 86.5 Å². The molecule has 1 amide bonds. The molecule has 0 atom stereocenters. The molecule has 7 heteroatoms. The van der Waals surface area contributed by atoms with Crippen molar-refractivity contribution in [1.29, 1.82) is 0 Å². The molecule has 3 N–H and O–H groups in total. The van der Waals surface area contributed by atoms with Gasteiger partial charge < -0.3 is 20.5 Å². The Morgan fingerprint density at radius 2 is 1.94 bits per heavy atom. The summed E-state index contributed by atoms with van der Waals surface area (Å²) in [6.45, 7) is 2.68. The predicted octanol–water partition coefficient (Wildman–Crippen LogP) is 4.31. The zero-order chi connectivity index (χ0) is 22.0. The third kappa shape index (κ3) is 4.06. The Morgan fingerprint density at radius 1 is 1.16 bits per heavy atom. The van der Waals surface area contributed by atoms with Crippen LogP contribution in [0.25, 0.3) is 10.2 Å². The highest BCUT2D eigenvalue weighted by Gasteiger charge is 2.25. The number of thiophene rings is 1. The van der Waals surface area contributed by atoms with Crippen LogP contribution in [0.3, 0.4) is 0 Å². The van der Waals surface area contributed by atoms with Crippen molar-refractivity contribution in [2.45, 2.75) is 45.4 Å². The summed E-state index contributed by atoms with van der Waals surface area (Å²) < 4.78 is 10.6. The molecule has 2 aromatic heterocycles. The van der Waals surface area contributed by atoms with Crippen LogP contribution in [0.15, 0.2) is 18.2 Å². The number of rotatable bonds is 8. The monoisotopic (exact) mass is 439 g/mol. The summed E-state index contributed by atoms with van der Waals surface area (Å²) in [6.07, 6.45) is 5.94. The van der Waals surface area contributed by atoms with Crippen molar-refractivity contribution in [2.75, 3.05) is 26.5 Å². The third-order valence-corrected chi connectivity index (χ3v) is 6.97. The SMILES string of the molecule is CCCc1nc2sc(C(=O)NCCc3ccc(OC)c(OC)c3)c(N)c2c2c1CCC2. The highest BCUT2D eigenvalue weighted by molar-refractivity contribution is 7.21. The summed E-state index contributed by atoms with van der Waals surface area (Å²) in [7, 11) is 3.23. The van der Waals surface area contributed by atoms with Crippen LogP contribution in [0, 0.1) is 0 Å². The van der Waals surface area contributed by atoms with E-state index in [1.807, 2.05) is 18.2 Å². The first kappa shape index (κ1) is 21.4. The van der Waals surface area contributed by atoms with Gasteiger partial charge in [-0.2, -0.15) is 0 Å². The second kappa shape index (κ2) is 9.14. The molecule has 0 aliphatic heterocycles. The highest BCUT2D eigenvalue weighted by atomic mass is 32.1. The molecular formula is C24H29N3O3S. The second-order valence-electron chi connectivity index (χ2n) is 7.84. The number of carbonyl (C=O) groups excluding carboxylic acids is 1. The van der Waals surface area contributed by atoms with E-state index in [1.54, 1.807) is 14.2 Å². The number of fused-ring (bicyclic) bond motifs is 3. The standard InChI is InChI=1S/C24H29N3O3S/c1-4-6-17-15-7-5-8-16(15)20-21(25)22(31-24(20)27-17)23(28)26-12-11-14-9-10-18(29-2)19(13-14)30-3/h9-10,13H,4-8,11-12,25H2,1-3H3,(H,26,28). The first-order chi connectivity index (χ1) is 15.1. The van der Waals surface area contributed by atoms with E-state index in [0.717, 1.165) is 47.9 Å². The number of aromatic nitrogens is 1. The fourth-order valence-electron chi connectivity index (χ4n) is 4.38. The minimum Gasteiger partial charge on any atom is -0.493 e. The van der Waals surface area contributed by atoms with Crippen LogP contribution >= 0.6 is 11.3 Å². The van der Waals surface area contributed by atoms with Gasteiger partial charge in [-0.05, 0) is 60.9 Å². The lowest BCUT2D eigenvalue weighted by Gasteiger charge is -2.10. The van der Waals surface area contributed by atoms with Crippen molar-refractivity contribution in [2.24, 2.45) is 0 Å². The summed E-state index contributed by atoms with van der Waals surface area (Å²) in [6, 6.07) is 5.78. The molecule has 3 aromatic rings. The van der Waals surface area contributed by atoms with E-state index in [2.05, 4.69) is 12.2 Å². The Hall–Kier alpha value is -2.80. The number of nitrogen functional groups attached to an aromatic ring is 1. The van der Waals surface area contributed by atoms with Gasteiger partial charge in [-0.15, -0.1) is 11.3 Å². The van der Waals surface area contributed by atoms with Gasteiger partial charge in [0.05, 0.1) is 19.9 Å². The van der Waals surface area contributed by atoms with E-state index < -0.39 is 0 Å². The molecule has 164 valence electrons. The van der Waals surface area contributed by atoms with Crippen molar-refractivity contribution in [3.05, 3.63) is 45.5 Å².